The molecule has 61 heavy (non-hydrogen) atoms. The van der Waals surface area contributed by atoms with Crippen LogP contribution in [-0.2, 0) is 35.1 Å². The van der Waals surface area contributed by atoms with Crippen molar-refractivity contribution in [1.29, 1.82) is 0 Å². The Morgan fingerprint density at radius 1 is 1.07 bits per heavy atom. The molecule has 1 radical (unpaired) electrons. The number of ether oxygens (including phenoxy) is 3. The average Bonchev–Trinajstić information content (AvgIpc) is 4.12. The van der Waals surface area contributed by atoms with Crippen LogP contribution < -0.4 is 24.8 Å². The number of methoxy groups -OCH3 is 1. The van der Waals surface area contributed by atoms with E-state index in [2.05, 4.69) is 20.6 Å². The van der Waals surface area contributed by atoms with Gasteiger partial charge in [-0.2, -0.15) is 8.78 Å². The van der Waals surface area contributed by atoms with Gasteiger partial charge in [-0.25, -0.2) is 32.0 Å². The minimum Gasteiger partial charge on any atom is -0.497 e. The molecule has 3 heterocycles. The molecule has 5 aliphatic rings. The summed E-state index contributed by atoms with van der Waals surface area (Å²) in [5.41, 5.74) is -3.83. The first-order valence-electron chi connectivity index (χ1n) is 20.4. The van der Waals surface area contributed by atoms with Crippen LogP contribution >= 0.6 is 0 Å². The van der Waals surface area contributed by atoms with Crippen LogP contribution in [0, 0.1) is 23.2 Å². The molecule has 8 atom stereocenters. The second-order valence-electron chi connectivity index (χ2n) is 18.2. The minimum absolute atomic E-state index is 0. The third-order valence-corrected chi connectivity index (χ3v) is 14.9. The molecule has 2 aliphatic heterocycles. The standard InChI is InChI=1S/C40H52F4N6O9S.Na/c1-7-22-27-19-50(28(22)32(51)48-39(18-23(39)31(41)42)35(53)49-60(55,56)38(5)14-15-38)34(52)30(37(2,3)4)47-36(54)59-26-16-20(26)10-8-9-13-40(43,44)29-33(58-27)46-25-17-21(57-6)11-12-24(25)45-29;/h11-12,17,20,22-23,26-28,30-31H,7-10,13-16,18-19H2,1-6H3,(H,47,54)(H,48,51)(H,49,53);/t20-,22-,23+,26-,27+,28+,30-,39-;/m1./s1. The van der Waals surface area contributed by atoms with Crippen molar-refractivity contribution >= 4 is 74.4 Å². The van der Waals surface area contributed by atoms with E-state index in [1.165, 1.54) is 26.2 Å². The molecule has 3 aliphatic carbocycles. The van der Waals surface area contributed by atoms with E-state index in [0.717, 1.165) is 4.90 Å². The van der Waals surface area contributed by atoms with Gasteiger partial charge in [0.05, 0.1) is 35.4 Å². The SMILES string of the molecule is CC[C@@H]1[C@@H]2CN(C(=O)[C@H](C(C)(C)C)NC(=O)O[C@@H]3C[C@H]3CCCCC(F)(F)c3nc4ccc(OC)cc4nc3O2)[C@@H]1C(=O)N[C@]1(C(=O)NS(=O)(=O)C2(C)CC2)C[C@H]1C(F)F.[Na]. The van der Waals surface area contributed by atoms with Gasteiger partial charge in [0.25, 0.3) is 11.8 Å². The zero-order valence-electron chi connectivity index (χ0n) is 35.4. The zero-order chi connectivity index (χ0) is 43.7. The van der Waals surface area contributed by atoms with Crippen molar-refractivity contribution in [1.82, 2.24) is 30.2 Å². The van der Waals surface area contributed by atoms with Gasteiger partial charge in [0.2, 0.25) is 34.1 Å². The second kappa shape index (κ2) is 16.9. The van der Waals surface area contributed by atoms with E-state index in [1.54, 1.807) is 33.8 Å². The summed E-state index contributed by atoms with van der Waals surface area (Å²) in [6, 6.07) is 1.59. The van der Waals surface area contributed by atoms with Gasteiger partial charge in [-0.15, -0.1) is 0 Å². The maximum Gasteiger partial charge on any atom is 0.408 e. The molecule has 21 heteroatoms. The van der Waals surface area contributed by atoms with Gasteiger partial charge < -0.3 is 29.7 Å². The molecule has 3 N–H and O–H groups in total. The van der Waals surface area contributed by atoms with Crippen LogP contribution in [0.4, 0.5) is 22.4 Å². The van der Waals surface area contributed by atoms with Gasteiger partial charge in [0, 0.05) is 48.0 Å². The number of aromatic nitrogens is 2. The van der Waals surface area contributed by atoms with E-state index in [-0.39, 0.29) is 72.2 Å². The maximum atomic E-state index is 16.3. The summed E-state index contributed by atoms with van der Waals surface area (Å²) >= 11 is 0. The number of carbonyl (C=O) groups is 4. The zero-order valence-corrected chi connectivity index (χ0v) is 38.2. The summed E-state index contributed by atoms with van der Waals surface area (Å²) in [7, 11) is -2.89. The van der Waals surface area contributed by atoms with Gasteiger partial charge in [-0.1, -0.05) is 34.1 Å². The normalized spacial score (nSPS) is 30.8. The van der Waals surface area contributed by atoms with Gasteiger partial charge in [-0.3, -0.25) is 19.1 Å². The fourth-order valence-corrected chi connectivity index (χ4v) is 9.74. The molecule has 1 aromatic heterocycles. The van der Waals surface area contributed by atoms with Crippen LogP contribution in [0.25, 0.3) is 11.0 Å². The number of sulfonamides is 1. The van der Waals surface area contributed by atoms with Crippen LogP contribution in [0.2, 0.25) is 0 Å². The number of alkyl carbamates (subject to hydrolysis) is 1. The number of hydrogen-bond donors (Lipinski definition) is 3. The van der Waals surface area contributed by atoms with Crippen LogP contribution in [0.3, 0.4) is 0 Å². The van der Waals surface area contributed by atoms with E-state index >= 15 is 8.78 Å². The topological polar surface area (TPSA) is 195 Å². The molecular formula is C40H52F4N6NaO9S. The average molecular weight is 892 g/mol. The molecule has 0 spiro atoms. The number of fused-ring (bicyclic) bond motifs is 5. The number of nitrogens with zero attached hydrogens (tertiary/aromatic N) is 3. The van der Waals surface area contributed by atoms with E-state index in [0.29, 0.717) is 25.0 Å². The Bertz CT molecular complexity index is 2180. The van der Waals surface area contributed by atoms with E-state index in [1.807, 2.05) is 4.72 Å². The molecule has 1 saturated heterocycles. The number of amides is 4. The molecule has 3 saturated carbocycles. The van der Waals surface area contributed by atoms with Crippen molar-refractivity contribution in [3.8, 4) is 11.6 Å². The van der Waals surface area contributed by atoms with Crippen molar-refractivity contribution in [3.63, 3.8) is 0 Å². The molecule has 7 rings (SSSR count). The fourth-order valence-electron chi connectivity index (χ4n) is 8.43. The smallest absolute Gasteiger partial charge is 0.408 e. The van der Waals surface area contributed by atoms with E-state index in [4.69, 9.17) is 14.2 Å². The number of halogens is 4. The fraction of sp³-hybridized carbons (Fsp3) is 0.700. The Morgan fingerprint density at radius 2 is 1.77 bits per heavy atom. The molecular weight excluding hydrogens is 840 g/mol. The van der Waals surface area contributed by atoms with Crippen LogP contribution in [0.5, 0.6) is 11.6 Å². The first-order valence-corrected chi connectivity index (χ1v) is 21.9. The largest absolute Gasteiger partial charge is 0.497 e. The van der Waals surface area contributed by atoms with E-state index in [9.17, 15) is 36.4 Å². The summed E-state index contributed by atoms with van der Waals surface area (Å²) in [4.78, 5) is 66.3. The minimum atomic E-state index is -4.31. The first kappa shape index (κ1) is 47.0. The number of alkyl halides is 4. The van der Waals surface area contributed by atoms with Crippen LogP contribution in [0.15, 0.2) is 18.2 Å². The molecule has 331 valence electrons. The summed E-state index contributed by atoms with van der Waals surface area (Å²) in [6.07, 6.45) is -4.91. The number of benzene rings is 1. The molecule has 2 bridgehead atoms. The third-order valence-electron chi connectivity index (χ3n) is 12.8. The van der Waals surface area contributed by atoms with Gasteiger partial charge in [0.1, 0.15) is 35.6 Å². The van der Waals surface area contributed by atoms with E-state index < -0.39 is 129 Å². The second-order valence-corrected chi connectivity index (χ2v) is 20.4. The van der Waals surface area contributed by atoms with Crippen LogP contribution in [-0.4, -0.2) is 131 Å². The van der Waals surface area contributed by atoms with Crippen LogP contribution in [0.1, 0.15) is 98.1 Å². The third kappa shape index (κ3) is 9.28. The Balaban J connectivity index is 0.00000622. The van der Waals surface area contributed by atoms with Crippen molar-refractivity contribution in [2.24, 2.45) is 23.2 Å². The summed E-state index contributed by atoms with van der Waals surface area (Å²) < 4.78 is 105. The molecule has 15 nitrogen and oxygen atoms in total. The number of nitrogens with one attached hydrogen (secondary N) is 3. The predicted molar refractivity (Wildman–Crippen MR) is 212 cm³/mol. The number of rotatable bonds is 8. The number of carbonyl (C=O) groups excluding carboxylic acids is 4. The van der Waals surface area contributed by atoms with Crippen molar-refractivity contribution in [2.75, 3.05) is 13.7 Å². The monoisotopic (exact) mass is 891 g/mol. The molecule has 2 aromatic rings. The molecule has 4 amide bonds. The summed E-state index contributed by atoms with van der Waals surface area (Å²) in [5.74, 6) is -9.85. The molecule has 0 unspecified atom stereocenters. The first-order chi connectivity index (χ1) is 28.0. The van der Waals surface area contributed by atoms with Gasteiger partial charge in [-0.05, 0) is 75.3 Å². The Kier molecular flexibility index (Phi) is 13.0. The van der Waals surface area contributed by atoms with Gasteiger partial charge in [0.15, 0.2) is 5.69 Å². The summed E-state index contributed by atoms with van der Waals surface area (Å²) in [6.45, 7) is 7.62. The van der Waals surface area contributed by atoms with Crippen molar-refractivity contribution < 1.29 is 59.4 Å². The van der Waals surface area contributed by atoms with Gasteiger partial charge >= 0.3 is 6.09 Å². The Hall–Kier alpha value is -3.49. The maximum absolute atomic E-state index is 16.3. The predicted octanol–water partition coefficient (Wildman–Crippen LogP) is 4.58. The molecule has 4 fully saturated rings. The molecule has 1 aromatic carbocycles. The van der Waals surface area contributed by atoms with Crippen molar-refractivity contribution in [3.05, 3.63) is 23.9 Å². The number of hydrogen-bond acceptors (Lipinski definition) is 11. The quantitative estimate of drug-likeness (QED) is 0.248. The Labute approximate surface area is 373 Å². The Morgan fingerprint density at radius 3 is 2.38 bits per heavy atom. The van der Waals surface area contributed by atoms with Crippen molar-refractivity contribution in [2.45, 2.75) is 139 Å². The summed E-state index contributed by atoms with van der Waals surface area (Å²) in [5, 5.41) is 5.06.